The highest BCUT2D eigenvalue weighted by Gasteiger charge is 2.45. The van der Waals surface area contributed by atoms with Crippen molar-refractivity contribution in [1.29, 1.82) is 5.26 Å². The van der Waals surface area contributed by atoms with Crippen molar-refractivity contribution in [3.63, 3.8) is 0 Å². The van der Waals surface area contributed by atoms with Crippen molar-refractivity contribution in [3.05, 3.63) is 69.3 Å². The molecule has 0 radical (unpaired) electrons. The number of nitro benzene ring substituents is 1. The van der Waals surface area contributed by atoms with Crippen LogP contribution >= 0.6 is 0 Å². The van der Waals surface area contributed by atoms with E-state index < -0.39 is 27.8 Å². The number of nitrogens with zero attached hydrogens (tertiary/aromatic N) is 2. The molecular weight excluding hydrogens is 310 g/mol. The molecular formula is C17H13N3O4. The topological polar surface area (TPSA) is 116 Å². The van der Waals surface area contributed by atoms with Gasteiger partial charge in [-0.25, -0.2) is 0 Å². The number of phenols is 1. The van der Waals surface area contributed by atoms with E-state index in [1.54, 1.807) is 18.2 Å². The molecule has 0 unspecified atom stereocenters. The molecule has 0 saturated heterocycles. The predicted octanol–water partition coefficient (Wildman–Crippen LogP) is 2.59. The van der Waals surface area contributed by atoms with Crippen molar-refractivity contribution in [3.8, 4) is 11.8 Å². The molecule has 7 heteroatoms. The maximum atomic E-state index is 12.4. The van der Waals surface area contributed by atoms with Crippen LogP contribution in [0.5, 0.6) is 5.75 Å². The molecule has 1 saturated carbocycles. The van der Waals surface area contributed by atoms with E-state index in [0.29, 0.717) is 5.56 Å². The van der Waals surface area contributed by atoms with Crippen LogP contribution in [0.3, 0.4) is 0 Å². The van der Waals surface area contributed by atoms with Gasteiger partial charge in [0.25, 0.3) is 5.91 Å². The largest absolute Gasteiger partial charge is 0.502 e. The Morgan fingerprint density at radius 1 is 1.29 bits per heavy atom. The first-order chi connectivity index (χ1) is 11.4. The average molecular weight is 323 g/mol. The molecule has 0 aromatic heterocycles. The molecule has 0 aliphatic heterocycles. The monoisotopic (exact) mass is 323 g/mol. The van der Waals surface area contributed by atoms with E-state index in [-0.39, 0.29) is 5.56 Å². The lowest BCUT2D eigenvalue weighted by atomic mass is 10.0. The summed E-state index contributed by atoms with van der Waals surface area (Å²) in [5, 5.41) is 32.2. The van der Waals surface area contributed by atoms with Crippen molar-refractivity contribution in [1.82, 2.24) is 5.32 Å². The van der Waals surface area contributed by atoms with E-state index in [4.69, 9.17) is 5.26 Å². The summed E-state index contributed by atoms with van der Waals surface area (Å²) in [4.78, 5) is 22.4. The zero-order valence-corrected chi connectivity index (χ0v) is 12.5. The summed E-state index contributed by atoms with van der Waals surface area (Å²) in [6.45, 7) is 0. The van der Waals surface area contributed by atoms with Crippen molar-refractivity contribution < 1.29 is 14.8 Å². The third kappa shape index (κ3) is 2.77. The number of carbonyl (C=O) groups excluding carboxylic acids is 1. The summed E-state index contributed by atoms with van der Waals surface area (Å²) in [5.74, 6) is -0.982. The molecule has 2 N–H and O–H groups in total. The number of hydrogen-bond acceptors (Lipinski definition) is 5. The zero-order chi connectivity index (χ0) is 17.3. The van der Waals surface area contributed by atoms with E-state index >= 15 is 0 Å². The molecule has 120 valence electrons. The van der Waals surface area contributed by atoms with Crippen molar-refractivity contribution in [2.75, 3.05) is 0 Å². The number of amides is 1. The second kappa shape index (κ2) is 5.66. The lowest BCUT2D eigenvalue weighted by Gasteiger charge is -2.18. The summed E-state index contributed by atoms with van der Waals surface area (Å²) in [6.07, 6.45) is 1.49. The van der Waals surface area contributed by atoms with Crippen LogP contribution in [-0.2, 0) is 5.54 Å². The molecule has 0 atom stereocenters. The number of aromatic hydroxyl groups is 1. The van der Waals surface area contributed by atoms with Crippen LogP contribution in [0.25, 0.3) is 0 Å². The fourth-order valence-corrected chi connectivity index (χ4v) is 2.61. The Morgan fingerprint density at radius 3 is 2.62 bits per heavy atom. The molecule has 1 amide bonds. The van der Waals surface area contributed by atoms with Crippen LogP contribution < -0.4 is 5.32 Å². The summed E-state index contributed by atoms with van der Waals surface area (Å²) < 4.78 is 0. The van der Waals surface area contributed by atoms with Gasteiger partial charge in [0, 0.05) is 11.6 Å². The van der Waals surface area contributed by atoms with E-state index in [0.717, 1.165) is 30.5 Å². The van der Waals surface area contributed by atoms with Gasteiger partial charge in [-0.3, -0.25) is 14.9 Å². The Balaban J connectivity index is 1.83. The summed E-state index contributed by atoms with van der Waals surface area (Å²) >= 11 is 0. The van der Waals surface area contributed by atoms with Crippen molar-refractivity contribution in [2.45, 2.75) is 18.4 Å². The van der Waals surface area contributed by atoms with Crippen LogP contribution in [0.15, 0.2) is 42.5 Å². The molecule has 24 heavy (non-hydrogen) atoms. The second-order valence-electron chi connectivity index (χ2n) is 5.69. The Labute approximate surface area is 137 Å². The van der Waals surface area contributed by atoms with Crippen LogP contribution in [-0.4, -0.2) is 15.9 Å². The quantitative estimate of drug-likeness (QED) is 0.662. The number of nitro groups is 1. The summed E-state index contributed by atoms with van der Waals surface area (Å²) in [7, 11) is 0. The standard InChI is InChI=1S/C17H13N3O4/c18-10-11-2-1-3-13(8-11)17(6-7-17)19-16(22)12-4-5-14(20(23)24)15(21)9-12/h1-5,8-9,21H,6-7H2,(H,19,22). The van der Waals surface area contributed by atoms with Crippen LogP contribution in [0.1, 0.15) is 34.3 Å². The van der Waals surface area contributed by atoms with Gasteiger partial charge in [-0.15, -0.1) is 0 Å². The van der Waals surface area contributed by atoms with Gasteiger partial charge in [-0.1, -0.05) is 12.1 Å². The van der Waals surface area contributed by atoms with E-state index in [9.17, 15) is 20.0 Å². The highest BCUT2D eigenvalue weighted by Crippen LogP contribution is 2.46. The minimum absolute atomic E-state index is 0.140. The average Bonchev–Trinajstić information content (AvgIpc) is 3.35. The first-order valence-electron chi connectivity index (χ1n) is 7.26. The zero-order valence-electron chi connectivity index (χ0n) is 12.5. The molecule has 0 spiro atoms. The van der Waals surface area contributed by atoms with Gasteiger partial charge in [0.2, 0.25) is 0 Å². The van der Waals surface area contributed by atoms with Crippen LogP contribution in [0, 0.1) is 21.4 Å². The van der Waals surface area contributed by atoms with Gasteiger partial charge in [0.05, 0.1) is 22.1 Å². The maximum Gasteiger partial charge on any atom is 0.310 e. The number of hydrogen-bond donors (Lipinski definition) is 2. The fourth-order valence-electron chi connectivity index (χ4n) is 2.61. The van der Waals surface area contributed by atoms with Gasteiger partial charge in [-0.05, 0) is 42.7 Å². The fraction of sp³-hybridized carbons (Fsp3) is 0.176. The Hall–Kier alpha value is -3.40. The molecule has 1 aliphatic rings. The SMILES string of the molecule is N#Cc1cccc(C2(NC(=O)c3ccc([N+](=O)[O-])c(O)c3)CC2)c1. The Bertz CT molecular complexity index is 882. The highest BCUT2D eigenvalue weighted by molar-refractivity contribution is 5.95. The number of benzene rings is 2. The minimum atomic E-state index is -0.715. The van der Waals surface area contributed by atoms with Gasteiger partial charge in [0.1, 0.15) is 0 Å². The number of rotatable bonds is 4. The van der Waals surface area contributed by atoms with Crippen molar-refractivity contribution >= 4 is 11.6 Å². The minimum Gasteiger partial charge on any atom is -0.502 e. The molecule has 1 fully saturated rings. The Morgan fingerprint density at radius 2 is 2.04 bits per heavy atom. The normalized spacial score (nSPS) is 14.5. The maximum absolute atomic E-state index is 12.4. The van der Waals surface area contributed by atoms with E-state index in [1.807, 2.05) is 6.07 Å². The molecule has 0 heterocycles. The van der Waals surface area contributed by atoms with Crippen LogP contribution in [0.2, 0.25) is 0 Å². The molecule has 2 aromatic carbocycles. The Kier molecular flexibility index (Phi) is 3.66. The van der Waals surface area contributed by atoms with E-state index in [2.05, 4.69) is 11.4 Å². The molecule has 3 rings (SSSR count). The molecule has 0 bridgehead atoms. The number of carbonyl (C=O) groups is 1. The molecule has 7 nitrogen and oxygen atoms in total. The smallest absolute Gasteiger partial charge is 0.310 e. The van der Waals surface area contributed by atoms with Gasteiger partial charge in [0.15, 0.2) is 5.75 Å². The molecule has 1 aliphatic carbocycles. The third-order valence-electron chi connectivity index (χ3n) is 4.08. The lowest BCUT2D eigenvalue weighted by molar-refractivity contribution is -0.385. The van der Waals surface area contributed by atoms with Gasteiger partial charge >= 0.3 is 5.69 Å². The third-order valence-corrected chi connectivity index (χ3v) is 4.08. The van der Waals surface area contributed by atoms with Crippen LogP contribution in [0.4, 0.5) is 5.69 Å². The number of phenolic OH excluding ortho intramolecular Hbond substituents is 1. The lowest BCUT2D eigenvalue weighted by Crippen LogP contribution is -2.34. The second-order valence-corrected chi connectivity index (χ2v) is 5.69. The van der Waals surface area contributed by atoms with Gasteiger partial charge in [-0.2, -0.15) is 5.26 Å². The number of nitriles is 1. The van der Waals surface area contributed by atoms with Gasteiger partial charge < -0.3 is 10.4 Å². The van der Waals surface area contributed by atoms with E-state index in [1.165, 1.54) is 6.07 Å². The first kappa shape index (κ1) is 15.5. The number of nitrogens with one attached hydrogen (secondary N) is 1. The predicted molar refractivity (Wildman–Crippen MR) is 84.3 cm³/mol. The summed E-state index contributed by atoms with van der Waals surface area (Å²) in [5.41, 5.74) is 0.527. The molecule has 2 aromatic rings. The first-order valence-corrected chi connectivity index (χ1v) is 7.26. The highest BCUT2D eigenvalue weighted by atomic mass is 16.6. The summed E-state index contributed by atoms with van der Waals surface area (Å²) in [6, 6.07) is 12.6. The van der Waals surface area contributed by atoms with Crippen molar-refractivity contribution in [2.24, 2.45) is 0 Å².